The van der Waals surface area contributed by atoms with E-state index in [0.717, 1.165) is 11.3 Å². The third kappa shape index (κ3) is 4.10. The van der Waals surface area contributed by atoms with Gasteiger partial charge in [-0.15, -0.1) is 11.3 Å². The van der Waals surface area contributed by atoms with Crippen LogP contribution in [-0.2, 0) is 0 Å². The van der Waals surface area contributed by atoms with Gasteiger partial charge in [0.25, 0.3) is 5.91 Å². The molecular weight excluding hydrogens is 307 g/mol. The minimum atomic E-state index is -4.44. The molecule has 0 atom stereocenters. The predicted octanol–water partition coefficient (Wildman–Crippen LogP) is 2.50. The Hall–Kier alpha value is -1.77. The zero-order chi connectivity index (χ0) is 16.4. The average molecular weight is 323 g/mol. The van der Waals surface area contributed by atoms with Gasteiger partial charge in [-0.1, -0.05) is 13.8 Å². The summed E-state index contributed by atoms with van der Waals surface area (Å²) < 4.78 is 36.9. The lowest BCUT2D eigenvalue weighted by atomic mass is 10.1. The number of carbonyl (C=O) groups is 2. The average Bonchev–Trinajstić information content (AvgIpc) is 2.70. The molecule has 1 amide bonds. The number of Topliss-reactive ketones (excluding diaryl/α,β-unsaturated/α-hetero) is 1. The van der Waals surface area contributed by atoms with E-state index in [0.29, 0.717) is 0 Å². The van der Waals surface area contributed by atoms with Crippen LogP contribution in [0.25, 0.3) is 0 Å². The van der Waals surface area contributed by atoms with E-state index in [-0.39, 0.29) is 32.8 Å². The van der Waals surface area contributed by atoms with Crippen LogP contribution in [0.4, 0.5) is 23.9 Å². The van der Waals surface area contributed by atoms with Crippen molar-refractivity contribution < 1.29 is 22.8 Å². The molecule has 0 aromatic carbocycles. The number of anilines is 2. The van der Waals surface area contributed by atoms with Gasteiger partial charge in [0.1, 0.15) is 11.5 Å². The molecule has 0 saturated carbocycles. The van der Waals surface area contributed by atoms with Crippen LogP contribution in [-0.4, -0.2) is 31.5 Å². The zero-order valence-corrected chi connectivity index (χ0v) is 12.5. The van der Waals surface area contributed by atoms with Gasteiger partial charge in [-0.05, 0) is 0 Å². The number of hydrogen-bond donors (Lipinski definition) is 3. The van der Waals surface area contributed by atoms with Gasteiger partial charge < -0.3 is 16.4 Å². The largest absolute Gasteiger partial charge is 0.405 e. The first-order chi connectivity index (χ1) is 9.58. The van der Waals surface area contributed by atoms with Crippen molar-refractivity contribution in [3.8, 4) is 0 Å². The number of nitrogens with one attached hydrogen (secondary N) is 2. The van der Waals surface area contributed by atoms with Crippen LogP contribution in [0.2, 0.25) is 0 Å². The van der Waals surface area contributed by atoms with E-state index in [2.05, 4.69) is 10.6 Å². The number of alkyl halides is 3. The van der Waals surface area contributed by atoms with E-state index in [9.17, 15) is 22.8 Å². The van der Waals surface area contributed by atoms with Gasteiger partial charge in [0.2, 0.25) is 0 Å². The molecule has 0 unspecified atom stereocenters. The molecule has 1 heterocycles. The number of carbonyl (C=O) groups excluding carboxylic acids is 2. The van der Waals surface area contributed by atoms with Gasteiger partial charge in [0.05, 0.1) is 16.1 Å². The second-order valence-electron chi connectivity index (χ2n) is 4.62. The summed E-state index contributed by atoms with van der Waals surface area (Å²) in [5.74, 6) is -1.34. The lowest BCUT2D eigenvalue weighted by Crippen LogP contribution is -2.24. The minimum absolute atomic E-state index is 0.0619. The highest BCUT2D eigenvalue weighted by Gasteiger charge is 2.30. The molecule has 0 aliphatic rings. The smallest absolute Gasteiger partial charge is 0.397 e. The van der Waals surface area contributed by atoms with Gasteiger partial charge >= 0.3 is 6.18 Å². The molecule has 0 aliphatic heterocycles. The molecule has 21 heavy (non-hydrogen) atoms. The zero-order valence-electron chi connectivity index (χ0n) is 11.7. The molecule has 5 nitrogen and oxygen atoms in total. The van der Waals surface area contributed by atoms with Crippen molar-refractivity contribution in [1.82, 2.24) is 5.32 Å². The molecule has 0 spiro atoms. The fourth-order valence-corrected chi connectivity index (χ4v) is 2.75. The second-order valence-corrected chi connectivity index (χ2v) is 5.64. The molecule has 9 heteroatoms. The first-order valence-electron chi connectivity index (χ1n) is 6.07. The molecule has 0 saturated heterocycles. The second kappa shape index (κ2) is 6.33. The number of amides is 1. The van der Waals surface area contributed by atoms with Crippen molar-refractivity contribution in [1.29, 1.82) is 0 Å². The Balaban J connectivity index is 3.25. The summed E-state index contributed by atoms with van der Waals surface area (Å²) in [4.78, 5) is 23.9. The monoisotopic (exact) mass is 323 g/mol. The van der Waals surface area contributed by atoms with E-state index in [1.807, 2.05) is 0 Å². The van der Waals surface area contributed by atoms with Crippen molar-refractivity contribution in [2.24, 2.45) is 5.92 Å². The number of thiophene rings is 1. The lowest BCUT2D eigenvalue weighted by molar-refractivity contribution is -0.115. The van der Waals surface area contributed by atoms with Crippen LogP contribution in [0.15, 0.2) is 0 Å². The van der Waals surface area contributed by atoms with Crippen LogP contribution in [0, 0.1) is 5.92 Å². The molecule has 1 aromatic rings. The fraction of sp³-hybridized carbons (Fsp3) is 0.500. The summed E-state index contributed by atoms with van der Waals surface area (Å²) in [6.45, 7) is 1.97. The molecule has 1 rings (SSSR count). The molecule has 4 N–H and O–H groups in total. The van der Waals surface area contributed by atoms with E-state index in [1.54, 1.807) is 13.8 Å². The number of ketones is 1. The van der Waals surface area contributed by atoms with Gasteiger partial charge in [-0.25, -0.2) is 0 Å². The van der Waals surface area contributed by atoms with Crippen LogP contribution in [0.1, 0.15) is 33.9 Å². The highest BCUT2D eigenvalue weighted by molar-refractivity contribution is 7.19. The van der Waals surface area contributed by atoms with Crippen LogP contribution < -0.4 is 16.4 Å². The van der Waals surface area contributed by atoms with Crippen LogP contribution in [0.3, 0.4) is 0 Å². The van der Waals surface area contributed by atoms with E-state index in [1.165, 1.54) is 7.05 Å². The molecule has 1 aromatic heterocycles. The molecule has 0 bridgehead atoms. The maximum absolute atomic E-state index is 12.3. The Morgan fingerprint density at radius 2 is 1.90 bits per heavy atom. The fourth-order valence-electron chi connectivity index (χ4n) is 1.54. The van der Waals surface area contributed by atoms with Gasteiger partial charge in [0.15, 0.2) is 5.78 Å². The molecule has 0 radical (unpaired) electrons. The molecular formula is C12H16F3N3O2S. The Morgan fingerprint density at radius 3 is 2.33 bits per heavy atom. The summed E-state index contributed by atoms with van der Waals surface area (Å²) in [6, 6.07) is 0. The Kier molecular flexibility index (Phi) is 5.21. The van der Waals surface area contributed by atoms with E-state index >= 15 is 0 Å². The predicted molar refractivity (Wildman–Crippen MR) is 75.8 cm³/mol. The van der Waals surface area contributed by atoms with Crippen molar-refractivity contribution in [2.45, 2.75) is 20.0 Å². The van der Waals surface area contributed by atoms with E-state index < -0.39 is 18.6 Å². The lowest BCUT2D eigenvalue weighted by Gasteiger charge is -2.09. The first-order valence-corrected chi connectivity index (χ1v) is 6.89. The summed E-state index contributed by atoms with van der Waals surface area (Å²) in [6.07, 6.45) is -4.44. The number of nitrogen functional groups attached to an aromatic ring is 1. The van der Waals surface area contributed by atoms with Crippen molar-refractivity contribution >= 4 is 33.7 Å². The van der Waals surface area contributed by atoms with Gasteiger partial charge in [0, 0.05) is 13.0 Å². The highest BCUT2D eigenvalue weighted by Crippen LogP contribution is 2.37. The normalized spacial score (nSPS) is 11.6. The molecule has 0 aliphatic carbocycles. The number of hydrogen-bond acceptors (Lipinski definition) is 5. The van der Waals surface area contributed by atoms with Gasteiger partial charge in [-0.3, -0.25) is 9.59 Å². The third-order valence-corrected chi connectivity index (χ3v) is 3.77. The van der Waals surface area contributed by atoms with Crippen molar-refractivity contribution in [3.05, 3.63) is 10.4 Å². The van der Waals surface area contributed by atoms with Crippen molar-refractivity contribution in [3.63, 3.8) is 0 Å². The summed E-state index contributed by atoms with van der Waals surface area (Å²) in [7, 11) is 1.33. The van der Waals surface area contributed by atoms with Crippen LogP contribution in [0.5, 0.6) is 0 Å². The minimum Gasteiger partial charge on any atom is -0.397 e. The Bertz CT molecular complexity index is 553. The third-order valence-electron chi connectivity index (χ3n) is 2.60. The standard InChI is InChI=1S/C12H16F3N3O2S/c1-5(2)8(19)9-7(16)6(10(20)17-3)11(21-9)18-4-12(13,14)15/h5,18H,4,16H2,1-3H3,(H,17,20). The summed E-state index contributed by atoms with van der Waals surface area (Å²) in [5.41, 5.74) is 5.54. The number of nitrogens with two attached hydrogens (primary N) is 1. The maximum atomic E-state index is 12.3. The summed E-state index contributed by atoms with van der Waals surface area (Å²) in [5, 5.41) is 4.36. The Morgan fingerprint density at radius 1 is 1.33 bits per heavy atom. The highest BCUT2D eigenvalue weighted by atomic mass is 32.1. The Labute approximate surface area is 123 Å². The number of halogens is 3. The molecule has 118 valence electrons. The quantitative estimate of drug-likeness (QED) is 0.727. The number of rotatable bonds is 5. The SMILES string of the molecule is CNC(=O)c1c(NCC(F)(F)F)sc(C(=O)C(C)C)c1N. The van der Waals surface area contributed by atoms with Crippen molar-refractivity contribution in [2.75, 3.05) is 24.6 Å². The van der Waals surface area contributed by atoms with Gasteiger partial charge in [-0.2, -0.15) is 13.2 Å². The summed E-state index contributed by atoms with van der Waals surface area (Å²) >= 11 is 0.760. The maximum Gasteiger partial charge on any atom is 0.405 e. The van der Waals surface area contributed by atoms with E-state index in [4.69, 9.17) is 5.73 Å². The molecule has 0 fully saturated rings. The van der Waals surface area contributed by atoms with Crippen LogP contribution >= 0.6 is 11.3 Å². The first kappa shape index (κ1) is 17.3. The topological polar surface area (TPSA) is 84.2 Å².